The smallest absolute Gasteiger partial charge is 0.159 e. The maximum absolute atomic E-state index is 6.15. The van der Waals surface area contributed by atoms with Crippen LogP contribution in [0.5, 0.6) is 0 Å². The van der Waals surface area contributed by atoms with Crippen molar-refractivity contribution in [1.29, 1.82) is 0 Å². The molecule has 170 valence electrons. The molecule has 2 N–H and O–H groups in total. The van der Waals surface area contributed by atoms with Crippen molar-refractivity contribution in [3.8, 4) is 0 Å². The van der Waals surface area contributed by atoms with E-state index in [1.165, 1.54) is 49.7 Å². The Morgan fingerprint density at radius 3 is 2.84 bits per heavy atom. The van der Waals surface area contributed by atoms with Crippen LogP contribution >= 0.6 is 0 Å². The number of allylic oxidation sites excluding steroid dienone is 2. The second-order valence-electron chi connectivity index (χ2n) is 11.2. The van der Waals surface area contributed by atoms with Gasteiger partial charge in [-0.1, -0.05) is 51.0 Å². The number of hydrogen-bond acceptors (Lipinski definition) is 5. The molecule has 0 spiro atoms. The normalized spacial score (nSPS) is 30.4. The molecular formula is C26H41N5. The lowest BCUT2D eigenvalue weighted by Crippen LogP contribution is -2.49. The van der Waals surface area contributed by atoms with Crippen LogP contribution in [-0.2, 0) is 0 Å². The van der Waals surface area contributed by atoms with Crippen LogP contribution in [0.15, 0.2) is 30.1 Å². The third kappa shape index (κ3) is 3.96. The lowest BCUT2D eigenvalue weighted by molar-refractivity contribution is -0.0539. The fourth-order valence-corrected chi connectivity index (χ4v) is 7.06. The zero-order valence-corrected chi connectivity index (χ0v) is 20.2. The first-order valence-corrected chi connectivity index (χ1v) is 12.0. The molecule has 2 fully saturated rings. The van der Waals surface area contributed by atoms with Gasteiger partial charge in [0.05, 0.1) is 6.67 Å². The van der Waals surface area contributed by atoms with Crippen LogP contribution in [0.25, 0.3) is 0 Å². The molecule has 3 atom stereocenters. The largest absolute Gasteiger partial charge is 0.382 e. The van der Waals surface area contributed by atoms with Crippen LogP contribution in [0.2, 0.25) is 0 Å². The summed E-state index contributed by atoms with van der Waals surface area (Å²) in [5.74, 6) is 2.97. The Labute approximate surface area is 188 Å². The maximum atomic E-state index is 6.15. The molecule has 2 aliphatic carbocycles. The fourth-order valence-electron chi connectivity index (χ4n) is 7.06. The van der Waals surface area contributed by atoms with Gasteiger partial charge in [-0.2, -0.15) is 0 Å². The summed E-state index contributed by atoms with van der Waals surface area (Å²) in [6.07, 6.45) is 12.9. The van der Waals surface area contributed by atoms with Gasteiger partial charge in [0.2, 0.25) is 0 Å². The molecule has 4 rings (SSSR count). The average Bonchev–Trinajstić information content (AvgIpc) is 3.02. The Kier molecular flexibility index (Phi) is 5.82. The third-order valence-electron chi connectivity index (χ3n) is 8.70. The average molecular weight is 424 g/mol. The summed E-state index contributed by atoms with van der Waals surface area (Å²) in [6.45, 7) is 16.1. The summed E-state index contributed by atoms with van der Waals surface area (Å²) in [5.41, 5.74) is 11.0. The van der Waals surface area contributed by atoms with E-state index >= 15 is 0 Å². The highest BCUT2D eigenvalue weighted by Gasteiger charge is 2.52. The van der Waals surface area contributed by atoms with Gasteiger partial charge in [0, 0.05) is 13.6 Å². The van der Waals surface area contributed by atoms with Crippen molar-refractivity contribution in [2.45, 2.75) is 72.6 Å². The van der Waals surface area contributed by atoms with Gasteiger partial charge in [0.1, 0.15) is 12.0 Å². The van der Waals surface area contributed by atoms with E-state index < -0.39 is 0 Å². The molecule has 2 saturated carbocycles. The molecule has 0 aromatic carbocycles. The molecule has 1 aromatic heterocycles. The highest BCUT2D eigenvalue weighted by molar-refractivity contribution is 5.81. The first-order chi connectivity index (χ1) is 14.6. The Morgan fingerprint density at radius 1 is 1.29 bits per heavy atom. The van der Waals surface area contributed by atoms with Gasteiger partial charge in [0.15, 0.2) is 11.6 Å². The van der Waals surface area contributed by atoms with Crippen LogP contribution in [0.1, 0.15) is 72.6 Å². The standard InChI is InChI=1S/C26H41N5/c1-18(12-15-31-17-30(6)24-22(31)23(27)28-16-29-24)8-10-20-19(2)9-11-21-25(3,4)13-7-14-26(20,21)5/h12,16,20-21H,2,7-11,13-15,17H2,1,3-6H3,(H2,27,28,29). The van der Waals surface area contributed by atoms with Crippen molar-refractivity contribution in [3.05, 3.63) is 30.1 Å². The lowest BCUT2D eigenvalue weighted by atomic mass is 9.47. The van der Waals surface area contributed by atoms with Crippen LogP contribution in [0.4, 0.5) is 17.3 Å². The molecule has 0 saturated heterocycles. The summed E-state index contributed by atoms with van der Waals surface area (Å²) >= 11 is 0. The molecular weight excluding hydrogens is 382 g/mol. The van der Waals surface area contributed by atoms with Crippen LogP contribution in [-0.4, -0.2) is 30.2 Å². The Hall–Kier alpha value is -2.04. The van der Waals surface area contributed by atoms with Crippen molar-refractivity contribution in [1.82, 2.24) is 9.97 Å². The number of rotatable bonds is 5. The van der Waals surface area contributed by atoms with Crippen molar-refractivity contribution in [2.75, 3.05) is 35.8 Å². The number of nitrogen functional groups attached to an aromatic ring is 1. The predicted molar refractivity (Wildman–Crippen MR) is 131 cm³/mol. The topological polar surface area (TPSA) is 58.3 Å². The highest BCUT2D eigenvalue weighted by Crippen LogP contribution is 2.61. The lowest BCUT2D eigenvalue weighted by Gasteiger charge is -2.58. The molecule has 0 bridgehead atoms. The minimum Gasteiger partial charge on any atom is -0.382 e. The predicted octanol–water partition coefficient (Wildman–Crippen LogP) is 5.80. The monoisotopic (exact) mass is 423 g/mol. The van der Waals surface area contributed by atoms with E-state index in [9.17, 15) is 0 Å². The second-order valence-corrected chi connectivity index (χ2v) is 11.2. The molecule has 1 aliphatic heterocycles. The maximum Gasteiger partial charge on any atom is 0.159 e. The van der Waals surface area contributed by atoms with Crippen LogP contribution < -0.4 is 15.5 Å². The SMILES string of the molecule is C=C1CCC2C(C)(C)CCCC2(C)C1CCC(C)=CCN1CN(C)c2ncnc(N)c21. The van der Waals surface area contributed by atoms with Gasteiger partial charge in [-0.05, 0) is 68.1 Å². The Balaban J connectivity index is 1.42. The molecule has 31 heavy (non-hydrogen) atoms. The fraction of sp³-hybridized carbons (Fsp3) is 0.692. The van der Waals surface area contributed by atoms with Crippen molar-refractivity contribution < 1.29 is 0 Å². The van der Waals surface area contributed by atoms with Crippen molar-refractivity contribution >= 4 is 17.3 Å². The molecule has 3 unspecified atom stereocenters. The zero-order valence-electron chi connectivity index (χ0n) is 20.2. The number of nitrogens with two attached hydrogens (primary N) is 1. The summed E-state index contributed by atoms with van der Waals surface area (Å²) in [7, 11) is 2.05. The highest BCUT2D eigenvalue weighted by atomic mass is 15.4. The van der Waals surface area contributed by atoms with E-state index in [2.05, 4.69) is 67.2 Å². The van der Waals surface area contributed by atoms with E-state index in [1.807, 2.05) is 0 Å². The van der Waals surface area contributed by atoms with Crippen molar-refractivity contribution in [2.24, 2.45) is 22.7 Å². The van der Waals surface area contributed by atoms with Gasteiger partial charge in [-0.3, -0.25) is 0 Å². The summed E-state index contributed by atoms with van der Waals surface area (Å²) in [5, 5.41) is 0. The van der Waals surface area contributed by atoms with Gasteiger partial charge < -0.3 is 15.5 Å². The van der Waals surface area contributed by atoms with Gasteiger partial charge >= 0.3 is 0 Å². The van der Waals surface area contributed by atoms with Gasteiger partial charge in [-0.15, -0.1) is 0 Å². The van der Waals surface area contributed by atoms with E-state index in [1.54, 1.807) is 6.33 Å². The molecule has 0 amide bonds. The van der Waals surface area contributed by atoms with Crippen molar-refractivity contribution in [3.63, 3.8) is 0 Å². The number of anilines is 3. The number of fused-ring (bicyclic) bond motifs is 2. The number of nitrogens with zero attached hydrogens (tertiary/aromatic N) is 4. The van der Waals surface area contributed by atoms with Crippen LogP contribution in [0.3, 0.4) is 0 Å². The van der Waals surface area contributed by atoms with E-state index in [-0.39, 0.29) is 0 Å². The molecule has 3 aliphatic rings. The number of hydrogen-bond donors (Lipinski definition) is 1. The van der Waals surface area contributed by atoms with E-state index in [4.69, 9.17) is 5.73 Å². The molecule has 0 radical (unpaired) electrons. The minimum absolute atomic E-state index is 0.416. The van der Waals surface area contributed by atoms with Gasteiger partial charge in [0.25, 0.3) is 0 Å². The molecule has 5 nitrogen and oxygen atoms in total. The van der Waals surface area contributed by atoms with E-state index in [0.717, 1.165) is 37.1 Å². The molecule has 2 heterocycles. The first-order valence-electron chi connectivity index (χ1n) is 12.0. The Morgan fingerprint density at radius 2 is 2.06 bits per heavy atom. The van der Waals surface area contributed by atoms with Crippen LogP contribution in [0, 0.1) is 22.7 Å². The summed E-state index contributed by atoms with van der Waals surface area (Å²) in [6, 6.07) is 0. The first kappa shape index (κ1) is 22.2. The van der Waals surface area contributed by atoms with Gasteiger partial charge in [-0.25, -0.2) is 9.97 Å². The molecule has 1 aromatic rings. The zero-order chi connectivity index (χ0) is 22.4. The quantitative estimate of drug-likeness (QED) is 0.607. The minimum atomic E-state index is 0.416. The summed E-state index contributed by atoms with van der Waals surface area (Å²) < 4.78 is 0. The third-order valence-corrected chi connectivity index (χ3v) is 8.70. The molecule has 5 heteroatoms. The Bertz CT molecular complexity index is 873. The second kappa shape index (κ2) is 8.14. The van der Waals surface area contributed by atoms with E-state index in [0.29, 0.717) is 22.6 Å². The summed E-state index contributed by atoms with van der Waals surface area (Å²) in [4.78, 5) is 13.0. The number of aromatic nitrogens is 2.